The van der Waals surface area contributed by atoms with Crippen molar-refractivity contribution in [3.8, 4) is 6.07 Å². The molecule has 2 heterocycles. The third-order valence-corrected chi connectivity index (χ3v) is 8.74. The zero-order chi connectivity index (χ0) is 25.4. The Balaban J connectivity index is 0.000000192. The van der Waals surface area contributed by atoms with Crippen molar-refractivity contribution in [3.05, 3.63) is 46.0 Å². The van der Waals surface area contributed by atoms with Gasteiger partial charge < -0.3 is 4.74 Å². The number of aromatic nitrogens is 2. The smallest absolute Gasteiger partial charge is 0.313 e. The molecular formula is C23H31N3O6S2. The molecule has 2 unspecified atom stereocenters. The van der Waals surface area contributed by atoms with E-state index in [0.29, 0.717) is 24.2 Å². The van der Waals surface area contributed by atoms with Crippen molar-refractivity contribution in [1.29, 1.82) is 5.26 Å². The first-order valence-corrected chi connectivity index (χ1v) is 14.8. The highest BCUT2D eigenvalue weighted by Gasteiger charge is 2.32. The van der Waals surface area contributed by atoms with Gasteiger partial charge in [-0.3, -0.25) is 4.79 Å². The predicted octanol–water partition coefficient (Wildman–Crippen LogP) is 2.74. The van der Waals surface area contributed by atoms with Crippen molar-refractivity contribution >= 4 is 26.0 Å². The maximum absolute atomic E-state index is 11.8. The monoisotopic (exact) mass is 509 g/mol. The molecule has 2 aliphatic rings. The van der Waals surface area contributed by atoms with Crippen LogP contribution in [0.3, 0.4) is 0 Å². The van der Waals surface area contributed by atoms with Gasteiger partial charge in [0, 0.05) is 22.8 Å². The Kier molecular flexibility index (Phi) is 7.34. The quantitative estimate of drug-likeness (QED) is 0.582. The van der Waals surface area contributed by atoms with Gasteiger partial charge in [0.2, 0.25) is 20.0 Å². The third-order valence-electron chi connectivity index (χ3n) is 6.39. The first-order valence-electron chi connectivity index (χ1n) is 11.1. The minimum atomic E-state index is -3.32. The number of aryl methyl sites for hydroxylation is 2. The number of fused-ring (bicyclic) bond motifs is 2. The predicted molar refractivity (Wildman–Crippen MR) is 128 cm³/mol. The molecule has 0 aromatic carbocycles. The maximum Gasteiger partial charge on any atom is 0.313 e. The van der Waals surface area contributed by atoms with Crippen LogP contribution in [0, 0.1) is 25.2 Å². The molecule has 0 aliphatic heterocycles. The van der Waals surface area contributed by atoms with E-state index in [9.17, 15) is 21.6 Å². The number of nitriles is 1. The van der Waals surface area contributed by atoms with Gasteiger partial charge in [0.1, 0.15) is 0 Å². The Labute approximate surface area is 201 Å². The van der Waals surface area contributed by atoms with Gasteiger partial charge in [0.05, 0.1) is 37.5 Å². The van der Waals surface area contributed by atoms with Crippen LogP contribution >= 0.6 is 0 Å². The number of esters is 1. The number of ether oxygens (including phenoxy) is 1. The lowest BCUT2D eigenvalue weighted by Gasteiger charge is -2.21. The molecule has 0 fully saturated rings. The van der Waals surface area contributed by atoms with Gasteiger partial charge in [-0.2, -0.15) is 5.26 Å². The lowest BCUT2D eigenvalue weighted by Crippen LogP contribution is -2.22. The Morgan fingerprint density at radius 3 is 1.88 bits per heavy atom. The van der Waals surface area contributed by atoms with E-state index in [4.69, 9.17) is 10.00 Å². The molecule has 0 saturated carbocycles. The molecule has 34 heavy (non-hydrogen) atoms. The van der Waals surface area contributed by atoms with Crippen molar-refractivity contribution in [2.24, 2.45) is 0 Å². The normalized spacial score (nSPS) is 19.8. The number of rotatable bonds is 3. The largest absolute Gasteiger partial charge is 0.469 e. The molecule has 0 saturated heterocycles. The molecule has 0 bridgehead atoms. The van der Waals surface area contributed by atoms with Gasteiger partial charge in [0.25, 0.3) is 0 Å². The Hall–Kier alpha value is -2.58. The van der Waals surface area contributed by atoms with E-state index in [2.05, 4.69) is 6.07 Å². The second kappa shape index (κ2) is 9.58. The van der Waals surface area contributed by atoms with Crippen molar-refractivity contribution in [2.75, 3.05) is 19.6 Å². The summed E-state index contributed by atoms with van der Waals surface area (Å²) in [7, 11) is -5.22. The summed E-state index contributed by atoms with van der Waals surface area (Å²) in [5, 5.41) is 9.03. The maximum atomic E-state index is 11.8. The van der Waals surface area contributed by atoms with Gasteiger partial charge in [-0.15, -0.1) is 0 Å². The minimum Gasteiger partial charge on any atom is -0.469 e. The second-order valence-corrected chi connectivity index (χ2v) is 12.6. The number of carbonyl (C=O) groups is 1. The van der Waals surface area contributed by atoms with Gasteiger partial charge >= 0.3 is 5.97 Å². The highest BCUT2D eigenvalue weighted by Crippen LogP contribution is 2.36. The van der Waals surface area contributed by atoms with Crippen LogP contribution in [-0.2, 0) is 42.4 Å². The molecule has 2 aromatic rings. The average molecular weight is 510 g/mol. The van der Waals surface area contributed by atoms with E-state index in [0.717, 1.165) is 48.2 Å². The Bertz CT molecular complexity index is 1360. The summed E-state index contributed by atoms with van der Waals surface area (Å²) >= 11 is 0. The van der Waals surface area contributed by atoms with Gasteiger partial charge in [-0.25, -0.2) is 24.8 Å². The third kappa shape index (κ3) is 4.93. The topological polar surface area (TPSA) is 128 Å². The van der Waals surface area contributed by atoms with Crippen molar-refractivity contribution in [3.63, 3.8) is 0 Å². The first kappa shape index (κ1) is 26.0. The van der Waals surface area contributed by atoms with E-state index in [1.807, 2.05) is 6.07 Å². The Morgan fingerprint density at radius 2 is 1.41 bits per heavy atom. The highest BCUT2D eigenvalue weighted by atomic mass is 32.2. The van der Waals surface area contributed by atoms with E-state index >= 15 is 0 Å². The van der Waals surface area contributed by atoms with E-state index in [-0.39, 0.29) is 17.8 Å². The van der Waals surface area contributed by atoms with Crippen LogP contribution in [0.5, 0.6) is 0 Å². The molecule has 2 atom stereocenters. The molecule has 11 heteroatoms. The van der Waals surface area contributed by atoms with Gasteiger partial charge in [0.15, 0.2) is 0 Å². The molecule has 0 amide bonds. The van der Waals surface area contributed by atoms with Crippen molar-refractivity contribution in [2.45, 2.75) is 64.2 Å². The van der Waals surface area contributed by atoms with Crippen LogP contribution in [0.4, 0.5) is 0 Å². The molecular weight excluding hydrogens is 478 g/mol. The molecule has 0 spiro atoms. The van der Waals surface area contributed by atoms with Gasteiger partial charge in [-0.1, -0.05) is 0 Å². The summed E-state index contributed by atoms with van der Waals surface area (Å²) in [5.41, 5.74) is 4.59. The van der Waals surface area contributed by atoms with Crippen LogP contribution in [0.2, 0.25) is 0 Å². The molecule has 0 N–H and O–H groups in total. The molecule has 0 radical (unpaired) electrons. The fourth-order valence-electron chi connectivity index (χ4n) is 5.19. The summed E-state index contributed by atoms with van der Waals surface area (Å²) in [6.07, 6.45) is 7.04. The van der Waals surface area contributed by atoms with E-state index in [1.54, 1.807) is 19.9 Å². The summed E-state index contributed by atoms with van der Waals surface area (Å²) in [6.45, 7) is 3.52. The zero-order valence-corrected chi connectivity index (χ0v) is 21.8. The molecule has 4 rings (SSSR count). The van der Waals surface area contributed by atoms with Crippen LogP contribution in [0.25, 0.3) is 0 Å². The van der Waals surface area contributed by atoms with Crippen molar-refractivity contribution in [1.82, 2.24) is 7.94 Å². The number of nitrogens with zero attached hydrogens (tertiary/aromatic N) is 3. The SMILES string of the molecule is COC(=O)C1CCCc2c1cc(C)n2S(C)(=O)=O.Cc1cc2c(n1S(C)(=O)=O)CCCC2C#N. The molecule has 2 aliphatic carbocycles. The fraction of sp³-hybridized carbons (Fsp3) is 0.565. The van der Waals surface area contributed by atoms with Crippen LogP contribution in [0.15, 0.2) is 12.1 Å². The van der Waals surface area contributed by atoms with E-state index in [1.165, 1.54) is 27.6 Å². The minimum absolute atomic E-state index is 0.148. The zero-order valence-electron chi connectivity index (χ0n) is 20.2. The van der Waals surface area contributed by atoms with E-state index < -0.39 is 20.0 Å². The van der Waals surface area contributed by atoms with Crippen LogP contribution < -0.4 is 0 Å². The fourth-order valence-corrected chi connectivity index (χ4v) is 7.54. The summed E-state index contributed by atoms with van der Waals surface area (Å²) < 4.78 is 54.4. The average Bonchev–Trinajstić information content (AvgIpc) is 3.28. The number of methoxy groups -OCH3 is 1. The molecule has 186 valence electrons. The van der Waals surface area contributed by atoms with Crippen molar-refractivity contribution < 1.29 is 26.4 Å². The van der Waals surface area contributed by atoms with Crippen LogP contribution in [-0.4, -0.2) is 50.4 Å². The molecule has 2 aromatic heterocycles. The molecule has 9 nitrogen and oxygen atoms in total. The summed E-state index contributed by atoms with van der Waals surface area (Å²) in [5.74, 6) is -0.771. The second-order valence-electron chi connectivity index (χ2n) is 8.97. The van der Waals surface area contributed by atoms with Crippen LogP contribution in [0.1, 0.15) is 71.4 Å². The number of hydrogen-bond donors (Lipinski definition) is 0. The summed E-state index contributed by atoms with van der Waals surface area (Å²) in [4.78, 5) is 11.7. The first-order chi connectivity index (χ1) is 15.8. The standard InChI is InChI=1S/C12H17NO4S.C11H14N2O2S/c1-8-7-10-9(12(14)17-2)5-4-6-11(10)13(8)18(3,15)16;1-8-6-10-9(7-12)4-3-5-11(10)13(8)16(2,14)15/h7,9H,4-6H2,1-3H3;6,9H,3-5H2,1-2H3. The highest BCUT2D eigenvalue weighted by molar-refractivity contribution is 7.89. The lowest BCUT2D eigenvalue weighted by molar-refractivity contribution is -0.142. The summed E-state index contributed by atoms with van der Waals surface area (Å²) in [6, 6.07) is 5.87. The Morgan fingerprint density at radius 1 is 0.941 bits per heavy atom. The van der Waals surface area contributed by atoms with Gasteiger partial charge in [-0.05, 0) is 75.6 Å². The lowest BCUT2D eigenvalue weighted by atomic mass is 9.87. The number of carbonyl (C=O) groups excluding carboxylic acids is 1. The number of hydrogen-bond acceptors (Lipinski definition) is 7.